The van der Waals surface area contributed by atoms with Crippen LogP contribution in [0.2, 0.25) is 0 Å². The zero-order valence-corrected chi connectivity index (χ0v) is 12.6. The van der Waals surface area contributed by atoms with Gasteiger partial charge in [0.05, 0.1) is 4.90 Å². The molecule has 20 heavy (non-hydrogen) atoms. The highest BCUT2D eigenvalue weighted by atomic mass is 32.2. The summed E-state index contributed by atoms with van der Waals surface area (Å²) in [6.45, 7) is 4.64. The van der Waals surface area contributed by atoms with E-state index < -0.39 is 15.8 Å². The maximum atomic E-state index is 13.3. The Morgan fingerprint density at radius 2 is 2.05 bits per heavy atom. The average Bonchev–Trinajstić information content (AvgIpc) is 3.18. The van der Waals surface area contributed by atoms with E-state index in [-0.39, 0.29) is 16.9 Å². The van der Waals surface area contributed by atoms with Gasteiger partial charge in [-0.05, 0) is 41.9 Å². The normalized spacial score (nSPS) is 17.4. The third-order valence-electron chi connectivity index (χ3n) is 4.27. The van der Waals surface area contributed by atoms with Crippen molar-refractivity contribution in [2.45, 2.75) is 38.1 Å². The van der Waals surface area contributed by atoms with Crippen LogP contribution in [0, 0.1) is 17.2 Å². The SMILES string of the molecule is CC(C)C1(CNS(=O)(=O)c2cc(F)ccc2CN)CC1. The van der Waals surface area contributed by atoms with Gasteiger partial charge in [-0.15, -0.1) is 0 Å². The molecule has 0 aromatic heterocycles. The number of benzene rings is 1. The summed E-state index contributed by atoms with van der Waals surface area (Å²) < 4.78 is 40.6. The summed E-state index contributed by atoms with van der Waals surface area (Å²) in [6.07, 6.45) is 2.06. The van der Waals surface area contributed by atoms with Gasteiger partial charge >= 0.3 is 0 Å². The third kappa shape index (κ3) is 3.02. The Labute approximate surface area is 119 Å². The molecule has 0 heterocycles. The minimum Gasteiger partial charge on any atom is -0.326 e. The molecule has 4 nitrogen and oxygen atoms in total. The summed E-state index contributed by atoms with van der Waals surface area (Å²) in [5, 5.41) is 0. The number of hydrogen-bond acceptors (Lipinski definition) is 3. The lowest BCUT2D eigenvalue weighted by Crippen LogP contribution is -2.33. The summed E-state index contributed by atoms with van der Waals surface area (Å²) >= 11 is 0. The highest BCUT2D eigenvalue weighted by molar-refractivity contribution is 7.89. The van der Waals surface area contributed by atoms with Gasteiger partial charge in [-0.2, -0.15) is 0 Å². The van der Waals surface area contributed by atoms with Crippen molar-refractivity contribution in [2.75, 3.05) is 6.54 Å². The second kappa shape index (κ2) is 5.42. The molecule has 1 aliphatic carbocycles. The van der Waals surface area contributed by atoms with E-state index in [1.165, 1.54) is 12.1 Å². The summed E-state index contributed by atoms with van der Waals surface area (Å²) in [6, 6.07) is 3.66. The molecule has 0 unspecified atom stereocenters. The molecule has 0 bridgehead atoms. The van der Waals surface area contributed by atoms with Crippen LogP contribution in [0.15, 0.2) is 23.1 Å². The third-order valence-corrected chi connectivity index (χ3v) is 5.75. The summed E-state index contributed by atoms with van der Waals surface area (Å²) in [7, 11) is -3.72. The van der Waals surface area contributed by atoms with Crippen LogP contribution >= 0.6 is 0 Å². The van der Waals surface area contributed by atoms with Crippen molar-refractivity contribution in [2.24, 2.45) is 17.1 Å². The molecule has 1 fully saturated rings. The highest BCUT2D eigenvalue weighted by Gasteiger charge is 2.45. The molecule has 1 aromatic rings. The van der Waals surface area contributed by atoms with Crippen molar-refractivity contribution in [3.8, 4) is 0 Å². The average molecular weight is 300 g/mol. The minimum atomic E-state index is -3.72. The van der Waals surface area contributed by atoms with E-state index >= 15 is 0 Å². The van der Waals surface area contributed by atoms with E-state index in [4.69, 9.17) is 5.73 Å². The predicted molar refractivity (Wildman–Crippen MR) is 76.0 cm³/mol. The molecule has 0 saturated heterocycles. The first-order valence-corrected chi connectivity index (χ1v) is 8.27. The van der Waals surface area contributed by atoms with E-state index in [1.54, 1.807) is 0 Å². The highest BCUT2D eigenvalue weighted by Crippen LogP contribution is 2.51. The molecular formula is C14H21FN2O2S. The second-order valence-electron chi connectivity index (χ2n) is 5.80. The van der Waals surface area contributed by atoms with Crippen molar-refractivity contribution in [3.05, 3.63) is 29.6 Å². The van der Waals surface area contributed by atoms with Crippen molar-refractivity contribution < 1.29 is 12.8 Å². The molecule has 6 heteroatoms. The molecule has 2 rings (SSSR count). The Hall–Kier alpha value is -0.980. The molecule has 0 atom stereocenters. The van der Waals surface area contributed by atoms with Crippen LogP contribution in [0.5, 0.6) is 0 Å². The molecule has 112 valence electrons. The van der Waals surface area contributed by atoms with Crippen molar-refractivity contribution in [1.82, 2.24) is 4.72 Å². The molecule has 3 N–H and O–H groups in total. The van der Waals surface area contributed by atoms with Gasteiger partial charge < -0.3 is 5.73 Å². The summed E-state index contributed by atoms with van der Waals surface area (Å²) in [5.74, 6) is -0.153. The zero-order valence-electron chi connectivity index (χ0n) is 11.8. The van der Waals surface area contributed by atoms with E-state index in [0.29, 0.717) is 18.0 Å². The monoisotopic (exact) mass is 300 g/mol. The van der Waals surface area contributed by atoms with Crippen LogP contribution in [-0.2, 0) is 16.6 Å². The Morgan fingerprint density at radius 3 is 2.55 bits per heavy atom. The lowest BCUT2D eigenvalue weighted by molar-refractivity contribution is 0.357. The molecule has 0 amide bonds. The van der Waals surface area contributed by atoms with Crippen LogP contribution < -0.4 is 10.5 Å². The van der Waals surface area contributed by atoms with Crippen LogP contribution in [-0.4, -0.2) is 15.0 Å². The number of nitrogens with two attached hydrogens (primary N) is 1. The molecule has 1 aliphatic rings. The first kappa shape index (κ1) is 15.4. The number of sulfonamides is 1. The first-order valence-electron chi connectivity index (χ1n) is 6.79. The largest absolute Gasteiger partial charge is 0.326 e. The van der Waals surface area contributed by atoms with Crippen LogP contribution in [0.3, 0.4) is 0 Å². The summed E-state index contributed by atoms with van der Waals surface area (Å²) in [4.78, 5) is -0.0560. The Morgan fingerprint density at radius 1 is 1.40 bits per heavy atom. The first-order chi connectivity index (χ1) is 9.31. The van der Waals surface area contributed by atoms with E-state index in [1.807, 2.05) is 0 Å². The molecule has 0 radical (unpaired) electrons. The number of halogens is 1. The van der Waals surface area contributed by atoms with Gasteiger partial charge in [0.2, 0.25) is 10.0 Å². The molecule has 1 aromatic carbocycles. The lowest BCUT2D eigenvalue weighted by atomic mass is 9.93. The number of rotatable bonds is 6. The van der Waals surface area contributed by atoms with Crippen molar-refractivity contribution in [1.29, 1.82) is 0 Å². The van der Waals surface area contributed by atoms with Gasteiger partial charge in [-0.3, -0.25) is 0 Å². The van der Waals surface area contributed by atoms with Crippen molar-refractivity contribution >= 4 is 10.0 Å². The maximum Gasteiger partial charge on any atom is 0.241 e. The fraction of sp³-hybridized carbons (Fsp3) is 0.571. The number of hydrogen-bond donors (Lipinski definition) is 2. The van der Waals surface area contributed by atoms with Crippen LogP contribution in [0.4, 0.5) is 4.39 Å². The fourth-order valence-electron chi connectivity index (χ4n) is 2.38. The Kier molecular flexibility index (Phi) is 4.18. The number of nitrogens with one attached hydrogen (secondary N) is 1. The van der Waals surface area contributed by atoms with Gasteiger partial charge in [0.1, 0.15) is 5.82 Å². The topological polar surface area (TPSA) is 72.2 Å². The lowest BCUT2D eigenvalue weighted by Gasteiger charge is -2.20. The van der Waals surface area contributed by atoms with Gasteiger partial charge in [0.15, 0.2) is 0 Å². The minimum absolute atomic E-state index is 0.0560. The van der Waals surface area contributed by atoms with Gasteiger partial charge in [-0.25, -0.2) is 17.5 Å². The molecule has 1 saturated carbocycles. The van der Waals surface area contributed by atoms with Gasteiger partial charge in [0, 0.05) is 13.1 Å². The zero-order chi connectivity index (χ0) is 15.0. The fourth-order valence-corrected chi connectivity index (χ4v) is 3.78. The Bertz CT molecular complexity index is 595. The van der Waals surface area contributed by atoms with Crippen LogP contribution in [0.25, 0.3) is 0 Å². The van der Waals surface area contributed by atoms with Crippen molar-refractivity contribution in [3.63, 3.8) is 0 Å². The standard InChI is InChI=1S/C14H21FN2O2S/c1-10(2)14(5-6-14)9-17-20(18,19)13-7-12(15)4-3-11(13)8-16/h3-4,7,10,17H,5-6,8-9,16H2,1-2H3. The quantitative estimate of drug-likeness (QED) is 0.844. The van der Waals surface area contributed by atoms with E-state index in [9.17, 15) is 12.8 Å². The van der Waals surface area contributed by atoms with Gasteiger partial charge in [0.25, 0.3) is 0 Å². The Balaban J connectivity index is 2.21. The molecule has 0 spiro atoms. The van der Waals surface area contributed by atoms with Gasteiger partial charge in [-0.1, -0.05) is 19.9 Å². The molecule has 0 aliphatic heterocycles. The smallest absolute Gasteiger partial charge is 0.241 e. The second-order valence-corrected chi connectivity index (χ2v) is 7.53. The predicted octanol–water partition coefficient (Wildman–Crippen LogP) is 2.00. The maximum absolute atomic E-state index is 13.3. The van der Waals surface area contributed by atoms with E-state index in [0.717, 1.165) is 18.9 Å². The molecular weight excluding hydrogens is 279 g/mol. The van der Waals surface area contributed by atoms with Crippen LogP contribution in [0.1, 0.15) is 32.3 Å². The van der Waals surface area contributed by atoms with E-state index in [2.05, 4.69) is 18.6 Å². The summed E-state index contributed by atoms with van der Waals surface area (Å²) in [5.41, 5.74) is 6.01.